The summed E-state index contributed by atoms with van der Waals surface area (Å²) < 4.78 is 0.975. The van der Waals surface area contributed by atoms with Crippen molar-refractivity contribution in [2.24, 2.45) is 5.73 Å². The minimum absolute atomic E-state index is 0.0279. The molecule has 1 aromatic rings. The van der Waals surface area contributed by atoms with E-state index in [2.05, 4.69) is 21.2 Å². The van der Waals surface area contributed by atoms with Gasteiger partial charge in [0.2, 0.25) is 0 Å². The highest BCUT2D eigenvalue weighted by Gasteiger charge is 2.23. The third-order valence-electron chi connectivity index (χ3n) is 3.24. The Kier molecular flexibility index (Phi) is 4.18. The van der Waals surface area contributed by atoms with Crippen LogP contribution in [0.5, 0.6) is 0 Å². The normalized spacial score (nSPS) is 24.4. The Bertz CT molecular complexity index is 391. The van der Waals surface area contributed by atoms with Crippen LogP contribution >= 0.6 is 15.9 Å². The predicted octanol–water partition coefficient (Wildman–Crippen LogP) is 2.45. The summed E-state index contributed by atoms with van der Waals surface area (Å²) in [6, 6.07) is 7.59. The molecule has 1 saturated carbocycles. The summed E-state index contributed by atoms with van der Waals surface area (Å²) in [5.41, 5.74) is 6.69. The number of hydrogen-bond acceptors (Lipinski definition) is 2. The monoisotopic (exact) mass is 296 g/mol. The fourth-order valence-corrected chi connectivity index (χ4v) is 2.46. The molecular formula is C13H17BrN2O. The van der Waals surface area contributed by atoms with E-state index in [1.165, 1.54) is 6.42 Å². The first-order valence-electron chi connectivity index (χ1n) is 5.99. The summed E-state index contributed by atoms with van der Waals surface area (Å²) in [6.45, 7) is 0. The van der Waals surface area contributed by atoms with Crippen LogP contribution in [-0.2, 0) is 0 Å². The van der Waals surface area contributed by atoms with Crippen LogP contribution in [0.2, 0.25) is 0 Å². The molecule has 3 nitrogen and oxygen atoms in total. The van der Waals surface area contributed by atoms with Gasteiger partial charge in [-0.25, -0.2) is 0 Å². The molecular weight excluding hydrogens is 280 g/mol. The first-order chi connectivity index (χ1) is 8.16. The van der Waals surface area contributed by atoms with Crippen molar-refractivity contribution in [3.63, 3.8) is 0 Å². The number of carbonyl (C=O) groups excluding carboxylic acids is 1. The van der Waals surface area contributed by atoms with E-state index in [0.717, 1.165) is 23.7 Å². The smallest absolute Gasteiger partial charge is 0.251 e. The van der Waals surface area contributed by atoms with Gasteiger partial charge < -0.3 is 11.1 Å². The third-order valence-corrected chi connectivity index (χ3v) is 3.77. The van der Waals surface area contributed by atoms with Crippen LogP contribution in [0.25, 0.3) is 0 Å². The Morgan fingerprint density at radius 3 is 2.53 bits per heavy atom. The Labute approximate surface area is 110 Å². The zero-order valence-electron chi connectivity index (χ0n) is 9.66. The van der Waals surface area contributed by atoms with Gasteiger partial charge in [-0.1, -0.05) is 28.8 Å². The van der Waals surface area contributed by atoms with Crippen molar-refractivity contribution in [2.45, 2.75) is 37.8 Å². The van der Waals surface area contributed by atoms with E-state index in [9.17, 15) is 4.79 Å². The average Bonchev–Trinajstić information content (AvgIpc) is 2.33. The summed E-state index contributed by atoms with van der Waals surface area (Å²) >= 11 is 3.35. The minimum atomic E-state index is -0.0279. The number of nitrogens with two attached hydrogens (primary N) is 1. The molecule has 1 amide bonds. The summed E-state index contributed by atoms with van der Waals surface area (Å²) in [5, 5.41) is 3.03. The standard InChI is InChI=1S/C13H17BrN2O/c14-10-7-5-9(6-8-10)13(17)16-12-4-2-1-3-11(12)15/h5-8,11-12H,1-4,15H2,(H,16,17)/t11-,12-/m0/s1. The van der Waals surface area contributed by atoms with Gasteiger partial charge in [-0.3, -0.25) is 4.79 Å². The maximum atomic E-state index is 12.0. The van der Waals surface area contributed by atoms with Crippen LogP contribution in [0, 0.1) is 0 Å². The van der Waals surface area contributed by atoms with Crippen molar-refractivity contribution in [1.82, 2.24) is 5.32 Å². The van der Waals surface area contributed by atoms with Crippen LogP contribution < -0.4 is 11.1 Å². The second-order valence-corrected chi connectivity index (χ2v) is 5.45. The number of hydrogen-bond donors (Lipinski definition) is 2. The number of amides is 1. The third kappa shape index (κ3) is 3.30. The molecule has 0 unspecified atom stereocenters. The number of nitrogens with one attached hydrogen (secondary N) is 1. The molecule has 0 heterocycles. The van der Waals surface area contributed by atoms with Gasteiger partial charge in [0.1, 0.15) is 0 Å². The summed E-state index contributed by atoms with van der Waals surface area (Å²) in [6.07, 6.45) is 4.32. The number of halogens is 1. The van der Waals surface area contributed by atoms with Gasteiger partial charge in [0.25, 0.3) is 5.91 Å². The summed E-state index contributed by atoms with van der Waals surface area (Å²) in [7, 11) is 0. The molecule has 1 aromatic carbocycles. The lowest BCUT2D eigenvalue weighted by Crippen LogP contribution is -2.49. The van der Waals surface area contributed by atoms with Gasteiger partial charge in [-0.2, -0.15) is 0 Å². The molecule has 3 N–H and O–H groups in total. The highest BCUT2D eigenvalue weighted by molar-refractivity contribution is 9.10. The van der Waals surface area contributed by atoms with Crippen molar-refractivity contribution in [3.05, 3.63) is 34.3 Å². The maximum absolute atomic E-state index is 12.0. The highest BCUT2D eigenvalue weighted by atomic mass is 79.9. The number of rotatable bonds is 2. The minimum Gasteiger partial charge on any atom is -0.348 e. The second kappa shape index (κ2) is 5.65. The molecule has 1 aliphatic rings. The van der Waals surface area contributed by atoms with E-state index in [1.807, 2.05) is 24.3 Å². The molecule has 0 aliphatic heterocycles. The lowest BCUT2D eigenvalue weighted by Gasteiger charge is -2.29. The maximum Gasteiger partial charge on any atom is 0.251 e. The molecule has 2 atom stereocenters. The zero-order valence-corrected chi connectivity index (χ0v) is 11.2. The lowest BCUT2D eigenvalue weighted by atomic mass is 9.91. The van der Waals surface area contributed by atoms with Crippen LogP contribution in [0.4, 0.5) is 0 Å². The van der Waals surface area contributed by atoms with Crippen LogP contribution in [0.3, 0.4) is 0 Å². The molecule has 4 heteroatoms. The van der Waals surface area contributed by atoms with Gasteiger partial charge >= 0.3 is 0 Å². The first-order valence-corrected chi connectivity index (χ1v) is 6.78. The zero-order chi connectivity index (χ0) is 12.3. The van der Waals surface area contributed by atoms with Gasteiger partial charge in [-0.15, -0.1) is 0 Å². The molecule has 1 aliphatic carbocycles. The van der Waals surface area contributed by atoms with Gasteiger partial charge in [0.05, 0.1) is 0 Å². The highest BCUT2D eigenvalue weighted by Crippen LogP contribution is 2.17. The first kappa shape index (κ1) is 12.6. The van der Waals surface area contributed by atoms with E-state index in [1.54, 1.807) is 0 Å². The van der Waals surface area contributed by atoms with Crippen LogP contribution in [0.1, 0.15) is 36.0 Å². The van der Waals surface area contributed by atoms with Gasteiger partial charge in [0, 0.05) is 22.1 Å². The van der Waals surface area contributed by atoms with E-state index >= 15 is 0 Å². The van der Waals surface area contributed by atoms with E-state index in [0.29, 0.717) is 5.56 Å². The Morgan fingerprint density at radius 2 is 1.88 bits per heavy atom. The van der Waals surface area contributed by atoms with Crippen molar-refractivity contribution in [1.29, 1.82) is 0 Å². The van der Waals surface area contributed by atoms with Crippen molar-refractivity contribution in [3.8, 4) is 0 Å². The summed E-state index contributed by atoms with van der Waals surface area (Å²) in [4.78, 5) is 12.0. The SMILES string of the molecule is N[C@H]1CCCC[C@@H]1NC(=O)c1ccc(Br)cc1. The van der Waals surface area contributed by atoms with E-state index < -0.39 is 0 Å². The van der Waals surface area contributed by atoms with Crippen LogP contribution in [0.15, 0.2) is 28.7 Å². The topological polar surface area (TPSA) is 55.1 Å². The average molecular weight is 297 g/mol. The largest absolute Gasteiger partial charge is 0.348 e. The molecule has 1 fully saturated rings. The lowest BCUT2D eigenvalue weighted by molar-refractivity contribution is 0.0921. The Balaban J connectivity index is 1.98. The van der Waals surface area contributed by atoms with Crippen molar-refractivity contribution < 1.29 is 4.79 Å². The van der Waals surface area contributed by atoms with Gasteiger partial charge in [0.15, 0.2) is 0 Å². The quantitative estimate of drug-likeness (QED) is 0.881. The van der Waals surface area contributed by atoms with Crippen LogP contribution in [-0.4, -0.2) is 18.0 Å². The molecule has 0 aromatic heterocycles. The molecule has 92 valence electrons. The van der Waals surface area contributed by atoms with Crippen molar-refractivity contribution in [2.75, 3.05) is 0 Å². The Morgan fingerprint density at radius 1 is 1.24 bits per heavy atom. The molecule has 0 radical (unpaired) electrons. The Hall–Kier alpha value is -0.870. The fraction of sp³-hybridized carbons (Fsp3) is 0.462. The predicted molar refractivity (Wildman–Crippen MR) is 71.8 cm³/mol. The summed E-state index contributed by atoms with van der Waals surface area (Å²) in [5.74, 6) is -0.0279. The molecule has 17 heavy (non-hydrogen) atoms. The number of carbonyl (C=O) groups is 1. The van der Waals surface area contributed by atoms with Gasteiger partial charge in [-0.05, 0) is 37.1 Å². The molecule has 0 saturated heterocycles. The number of benzene rings is 1. The van der Waals surface area contributed by atoms with Crippen molar-refractivity contribution >= 4 is 21.8 Å². The molecule has 0 bridgehead atoms. The molecule has 0 spiro atoms. The second-order valence-electron chi connectivity index (χ2n) is 4.54. The fourth-order valence-electron chi connectivity index (χ4n) is 2.19. The molecule has 2 rings (SSSR count). The van der Waals surface area contributed by atoms with E-state index in [-0.39, 0.29) is 18.0 Å². The van der Waals surface area contributed by atoms with E-state index in [4.69, 9.17) is 5.73 Å².